The highest BCUT2D eigenvalue weighted by molar-refractivity contribution is 5.69. The van der Waals surface area contributed by atoms with Crippen molar-refractivity contribution < 1.29 is 49.0 Å². The third kappa shape index (κ3) is 27.7. The van der Waals surface area contributed by atoms with Gasteiger partial charge in [0.25, 0.3) is 0 Å². The standard InChI is InChI=1S/C46H76O10/c1-3-5-7-9-11-13-15-17-19-21-23-25-27-29-31-33-41(48)53-36-39(38-55-46-45(52)44(51)43(50)40(35-47)56-46)37-54-42(49)34-32-30-28-26-24-22-20-18-16-14-12-10-8-6-4-2/h5-8,11-14,17-20,39-40,43-47,50-52H,3-4,9-10,15-16,21-38H2,1-2H3/b7-5-,8-6-,13-11-,14-12-,19-17-,20-18-/t40-,43-,44+,45-,46-/m1/s1. The second-order valence-corrected chi connectivity index (χ2v) is 14.5. The van der Waals surface area contributed by atoms with Gasteiger partial charge in [0, 0.05) is 12.8 Å². The second kappa shape index (κ2) is 36.5. The zero-order chi connectivity index (χ0) is 40.9. The third-order valence-corrected chi connectivity index (χ3v) is 9.37. The van der Waals surface area contributed by atoms with Crippen molar-refractivity contribution in [2.75, 3.05) is 26.4 Å². The summed E-state index contributed by atoms with van der Waals surface area (Å²) in [7, 11) is 0. The number of aliphatic hydroxyl groups excluding tert-OH is 4. The van der Waals surface area contributed by atoms with Crippen LogP contribution >= 0.6 is 0 Å². The highest BCUT2D eigenvalue weighted by atomic mass is 16.7. The number of hydrogen-bond acceptors (Lipinski definition) is 10. The summed E-state index contributed by atoms with van der Waals surface area (Å²) < 4.78 is 22.2. The molecular formula is C46H76O10. The van der Waals surface area contributed by atoms with E-state index >= 15 is 0 Å². The van der Waals surface area contributed by atoms with Crippen molar-refractivity contribution in [3.05, 3.63) is 72.9 Å². The topological polar surface area (TPSA) is 152 Å². The van der Waals surface area contributed by atoms with Crippen LogP contribution < -0.4 is 0 Å². The lowest BCUT2D eigenvalue weighted by molar-refractivity contribution is -0.304. The van der Waals surface area contributed by atoms with Gasteiger partial charge in [-0.15, -0.1) is 0 Å². The highest BCUT2D eigenvalue weighted by Crippen LogP contribution is 2.23. The fourth-order valence-electron chi connectivity index (χ4n) is 5.92. The number of carbonyl (C=O) groups excluding carboxylic acids is 2. The summed E-state index contributed by atoms with van der Waals surface area (Å²) in [6, 6.07) is 0. The molecule has 0 aliphatic carbocycles. The average molecular weight is 789 g/mol. The molecule has 5 atom stereocenters. The maximum Gasteiger partial charge on any atom is 0.305 e. The molecule has 1 aliphatic rings. The van der Waals surface area contributed by atoms with Crippen LogP contribution in [-0.2, 0) is 28.5 Å². The number of hydrogen-bond donors (Lipinski definition) is 4. The fourth-order valence-corrected chi connectivity index (χ4v) is 5.92. The SMILES string of the molecule is CC/C=C\C/C=C\C/C=C\CCCCCCCC(=O)OCC(COC(=O)CCCCCCC/C=C\C/C=C\C/C=C\CC)CO[C@@H]1O[C@H](CO)[C@@H](O)[C@H](O)[C@H]1O. The molecule has 1 rings (SSSR count). The summed E-state index contributed by atoms with van der Waals surface area (Å²) in [6.45, 7) is 3.43. The molecule has 0 radical (unpaired) electrons. The van der Waals surface area contributed by atoms with E-state index in [0.717, 1.165) is 116 Å². The first-order valence-corrected chi connectivity index (χ1v) is 21.5. The second-order valence-electron chi connectivity index (χ2n) is 14.5. The van der Waals surface area contributed by atoms with Crippen LogP contribution in [0.3, 0.4) is 0 Å². The van der Waals surface area contributed by atoms with Gasteiger partial charge in [-0.2, -0.15) is 0 Å². The van der Waals surface area contributed by atoms with Gasteiger partial charge in [-0.25, -0.2) is 0 Å². The lowest BCUT2D eigenvalue weighted by Crippen LogP contribution is -2.59. The summed E-state index contributed by atoms with van der Waals surface area (Å²) in [5.41, 5.74) is 0. The number of carbonyl (C=O) groups is 2. The van der Waals surface area contributed by atoms with Gasteiger partial charge in [-0.3, -0.25) is 9.59 Å². The average Bonchev–Trinajstić information content (AvgIpc) is 3.20. The Morgan fingerprint density at radius 2 is 0.946 bits per heavy atom. The normalized spacial score (nSPS) is 20.7. The Labute approximate surface area is 338 Å². The molecule has 10 heteroatoms. The van der Waals surface area contributed by atoms with Crippen LogP contribution in [0.5, 0.6) is 0 Å². The van der Waals surface area contributed by atoms with Crippen LogP contribution in [0.25, 0.3) is 0 Å². The van der Waals surface area contributed by atoms with E-state index < -0.39 is 43.2 Å². The first-order valence-electron chi connectivity index (χ1n) is 21.5. The molecular weight excluding hydrogens is 712 g/mol. The molecule has 1 heterocycles. The van der Waals surface area contributed by atoms with Crippen LogP contribution in [-0.4, -0.2) is 89.5 Å². The minimum Gasteiger partial charge on any atom is -0.465 e. The van der Waals surface area contributed by atoms with Crippen LogP contribution in [0.1, 0.15) is 142 Å². The van der Waals surface area contributed by atoms with Crippen LogP contribution in [0, 0.1) is 5.92 Å². The molecule has 10 nitrogen and oxygen atoms in total. The zero-order valence-corrected chi connectivity index (χ0v) is 34.6. The van der Waals surface area contributed by atoms with Gasteiger partial charge >= 0.3 is 11.9 Å². The van der Waals surface area contributed by atoms with Gasteiger partial charge in [0.2, 0.25) is 0 Å². The number of esters is 2. The van der Waals surface area contributed by atoms with E-state index in [1.54, 1.807) is 0 Å². The molecule has 0 aromatic carbocycles. The van der Waals surface area contributed by atoms with Gasteiger partial charge in [-0.1, -0.05) is 125 Å². The molecule has 1 saturated heterocycles. The van der Waals surface area contributed by atoms with E-state index in [2.05, 4.69) is 86.8 Å². The van der Waals surface area contributed by atoms with E-state index in [-0.39, 0.29) is 44.6 Å². The van der Waals surface area contributed by atoms with Crippen molar-refractivity contribution in [1.82, 2.24) is 0 Å². The summed E-state index contributed by atoms with van der Waals surface area (Å²) in [5.74, 6) is -1.26. The number of allylic oxidation sites excluding steroid dienone is 12. The number of aliphatic hydroxyl groups is 4. The van der Waals surface area contributed by atoms with Crippen molar-refractivity contribution >= 4 is 11.9 Å². The number of rotatable bonds is 34. The van der Waals surface area contributed by atoms with Crippen molar-refractivity contribution in [2.24, 2.45) is 5.92 Å². The molecule has 56 heavy (non-hydrogen) atoms. The summed E-state index contributed by atoms with van der Waals surface area (Å²) in [6.07, 6.45) is 37.8. The molecule has 0 aromatic heterocycles. The number of unbranched alkanes of at least 4 members (excludes halogenated alkanes) is 10. The molecule has 0 amide bonds. The molecule has 0 spiro atoms. The minimum absolute atomic E-state index is 0.0679. The molecule has 320 valence electrons. The van der Waals surface area contributed by atoms with Crippen molar-refractivity contribution in [1.29, 1.82) is 0 Å². The highest BCUT2D eigenvalue weighted by Gasteiger charge is 2.44. The molecule has 0 saturated carbocycles. The van der Waals surface area contributed by atoms with Crippen LogP contribution in [0.2, 0.25) is 0 Å². The molecule has 0 aromatic rings. The van der Waals surface area contributed by atoms with Gasteiger partial charge in [0.15, 0.2) is 6.29 Å². The predicted molar refractivity (Wildman–Crippen MR) is 224 cm³/mol. The Bertz CT molecular complexity index is 1070. The molecule has 1 fully saturated rings. The third-order valence-electron chi connectivity index (χ3n) is 9.37. The lowest BCUT2D eigenvalue weighted by Gasteiger charge is -2.39. The monoisotopic (exact) mass is 789 g/mol. The fraction of sp³-hybridized carbons (Fsp3) is 0.696. The first-order chi connectivity index (χ1) is 27.3. The summed E-state index contributed by atoms with van der Waals surface area (Å²) in [5, 5.41) is 40.1. The first kappa shape index (κ1) is 51.2. The van der Waals surface area contributed by atoms with E-state index in [1.165, 1.54) is 0 Å². The smallest absolute Gasteiger partial charge is 0.305 e. The number of ether oxygens (including phenoxy) is 4. The van der Waals surface area contributed by atoms with Gasteiger partial charge in [-0.05, 0) is 77.0 Å². The summed E-state index contributed by atoms with van der Waals surface area (Å²) in [4.78, 5) is 25.1. The Morgan fingerprint density at radius 1 is 0.536 bits per heavy atom. The van der Waals surface area contributed by atoms with Crippen LogP contribution in [0.15, 0.2) is 72.9 Å². The Kier molecular flexibility index (Phi) is 33.3. The zero-order valence-electron chi connectivity index (χ0n) is 34.6. The lowest BCUT2D eigenvalue weighted by atomic mass is 9.99. The maximum absolute atomic E-state index is 12.6. The molecule has 4 N–H and O–H groups in total. The van der Waals surface area contributed by atoms with Gasteiger partial charge in [0.05, 0.1) is 32.3 Å². The quantitative estimate of drug-likeness (QED) is 0.0283. The van der Waals surface area contributed by atoms with Crippen molar-refractivity contribution in [3.63, 3.8) is 0 Å². The van der Waals surface area contributed by atoms with Crippen LogP contribution in [0.4, 0.5) is 0 Å². The Hall–Kier alpha value is -2.86. The molecule has 0 unspecified atom stereocenters. The van der Waals surface area contributed by atoms with E-state index in [4.69, 9.17) is 18.9 Å². The van der Waals surface area contributed by atoms with Gasteiger partial charge in [0.1, 0.15) is 24.4 Å². The minimum atomic E-state index is -1.58. The summed E-state index contributed by atoms with van der Waals surface area (Å²) >= 11 is 0. The molecule has 1 aliphatic heterocycles. The Morgan fingerprint density at radius 3 is 1.39 bits per heavy atom. The Balaban J connectivity index is 2.37. The van der Waals surface area contributed by atoms with Crippen molar-refractivity contribution in [2.45, 2.75) is 173 Å². The van der Waals surface area contributed by atoms with Crippen molar-refractivity contribution in [3.8, 4) is 0 Å². The van der Waals surface area contributed by atoms with E-state index in [0.29, 0.717) is 0 Å². The molecule has 0 bridgehead atoms. The van der Waals surface area contributed by atoms with Gasteiger partial charge < -0.3 is 39.4 Å². The van der Waals surface area contributed by atoms with E-state index in [1.807, 2.05) is 0 Å². The van der Waals surface area contributed by atoms with E-state index in [9.17, 15) is 30.0 Å². The predicted octanol–water partition coefficient (Wildman–Crippen LogP) is 8.68. The largest absolute Gasteiger partial charge is 0.465 e. The maximum atomic E-state index is 12.6.